The molecule has 6 nitrogen and oxygen atoms in total. The minimum Gasteiger partial charge on any atom is -0.493 e. The van der Waals surface area contributed by atoms with Crippen LogP contribution in [0.4, 0.5) is 0 Å². The Hall–Kier alpha value is -1.79. The van der Waals surface area contributed by atoms with Gasteiger partial charge in [0.05, 0.1) is 26.4 Å². The lowest BCUT2D eigenvalue weighted by Crippen LogP contribution is -2.10. The predicted molar refractivity (Wildman–Crippen MR) is 72.0 cm³/mol. The van der Waals surface area contributed by atoms with E-state index in [4.69, 9.17) is 19.1 Å². The lowest BCUT2D eigenvalue weighted by molar-refractivity contribution is -0.247. The SMILES string of the molecule is CCCOCCOOC(=O)c1ccc(OC)c(OC)c1. The average molecular weight is 284 g/mol. The Morgan fingerprint density at radius 3 is 2.45 bits per heavy atom. The molecule has 0 aliphatic heterocycles. The van der Waals surface area contributed by atoms with E-state index < -0.39 is 5.97 Å². The van der Waals surface area contributed by atoms with Crippen molar-refractivity contribution < 1.29 is 28.8 Å². The molecule has 0 saturated carbocycles. The summed E-state index contributed by atoms with van der Waals surface area (Å²) in [5, 5.41) is 0. The zero-order valence-corrected chi connectivity index (χ0v) is 12.0. The Kier molecular flexibility index (Phi) is 7.46. The highest BCUT2D eigenvalue weighted by Gasteiger charge is 2.12. The van der Waals surface area contributed by atoms with Gasteiger partial charge < -0.3 is 14.2 Å². The molecule has 0 aliphatic carbocycles. The molecule has 0 aliphatic rings. The van der Waals surface area contributed by atoms with Gasteiger partial charge in [0.1, 0.15) is 6.61 Å². The molecular formula is C14H20O6. The summed E-state index contributed by atoms with van der Waals surface area (Å²) < 4.78 is 15.4. The van der Waals surface area contributed by atoms with Crippen LogP contribution >= 0.6 is 0 Å². The molecular weight excluding hydrogens is 264 g/mol. The van der Waals surface area contributed by atoms with Crippen LogP contribution in [0, 0.1) is 0 Å². The van der Waals surface area contributed by atoms with Crippen LogP contribution in [0.2, 0.25) is 0 Å². The van der Waals surface area contributed by atoms with Crippen molar-refractivity contribution in [3.05, 3.63) is 23.8 Å². The number of ether oxygens (including phenoxy) is 3. The Labute approximate surface area is 118 Å². The quantitative estimate of drug-likeness (QED) is 0.393. The third kappa shape index (κ3) is 5.07. The molecule has 0 heterocycles. The number of rotatable bonds is 9. The second-order valence-corrected chi connectivity index (χ2v) is 3.87. The molecule has 0 saturated heterocycles. The Balaban J connectivity index is 2.43. The molecule has 112 valence electrons. The van der Waals surface area contributed by atoms with Gasteiger partial charge in [0.25, 0.3) is 0 Å². The highest BCUT2D eigenvalue weighted by Crippen LogP contribution is 2.27. The Morgan fingerprint density at radius 1 is 1.05 bits per heavy atom. The van der Waals surface area contributed by atoms with Gasteiger partial charge in [-0.1, -0.05) is 6.92 Å². The van der Waals surface area contributed by atoms with Gasteiger partial charge in [-0.05, 0) is 24.6 Å². The van der Waals surface area contributed by atoms with E-state index in [2.05, 4.69) is 4.89 Å². The van der Waals surface area contributed by atoms with E-state index in [1.165, 1.54) is 20.3 Å². The summed E-state index contributed by atoms with van der Waals surface area (Å²) in [5.74, 6) is 0.396. The summed E-state index contributed by atoms with van der Waals surface area (Å²) in [7, 11) is 3.02. The first kappa shape index (κ1) is 16.3. The topological polar surface area (TPSA) is 63.2 Å². The summed E-state index contributed by atoms with van der Waals surface area (Å²) in [6, 6.07) is 4.72. The summed E-state index contributed by atoms with van der Waals surface area (Å²) in [5.41, 5.74) is 0.317. The molecule has 0 spiro atoms. The summed E-state index contributed by atoms with van der Waals surface area (Å²) in [6.07, 6.45) is 0.936. The van der Waals surface area contributed by atoms with Crippen molar-refractivity contribution in [1.82, 2.24) is 0 Å². The lowest BCUT2D eigenvalue weighted by atomic mass is 10.2. The van der Waals surface area contributed by atoms with E-state index in [1.54, 1.807) is 12.1 Å². The van der Waals surface area contributed by atoms with Crippen LogP contribution in [0.25, 0.3) is 0 Å². The molecule has 1 rings (SSSR count). The molecule has 0 atom stereocenters. The monoisotopic (exact) mass is 284 g/mol. The van der Waals surface area contributed by atoms with Gasteiger partial charge in [0, 0.05) is 6.61 Å². The van der Waals surface area contributed by atoms with Crippen LogP contribution in [-0.4, -0.2) is 40.0 Å². The molecule has 0 N–H and O–H groups in total. The van der Waals surface area contributed by atoms with Gasteiger partial charge in [0.15, 0.2) is 11.5 Å². The van der Waals surface area contributed by atoms with Gasteiger partial charge in [-0.2, -0.15) is 4.89 Å². The Morgan fingerprint density at radius 2 is 1.80 bits per heavy atom. The molecule has 0 unspecified atom stereocenters. The number of carbonyl (C=O) groups is 1. The van der Waals surface area contributed by atoms with Gasteiger partial charge >= 0.3 is 5.97 Å². The van der Waals surface area contributed by atoms with Gasteiger partial charge in [-0.3, -0.25) is 4.89 Å². The maximum Gasteiger partial charge on any atom is 0.373 e. The number of hydrogen-bond donors (Lipinski definition) is 0. The molecule has 6 heteroatoms. The molecule has 0 fully saturated rings. The second-order valence-electron chi connectivity index (χ2n) is 3.87. The van der Waals surface area contributed by atoms with Crippen molar-refractivity contribution >= 4 is 5.97 Å². The predicted octanol–water partition coefficient (Wildman–Crippen LogP) is 2.22. The molecule has 0 radical (unpaired) electrons. The molecule has 1 aromatic rings. The minimum atomic E-state index is -0.596. The zero-order valence-electron chi connectivity index (χ0n) is 12.0. The van der Waals surface area contributed by atoms with E-state index >= 15 is 0 Å². The Bertz CT molecular complexity index is 418. The van der Waals surface area contributed by atoms with E-state index in [9.17, 15) is 4.79 Å². The van der Waals surface area contributed by atoms with Crippen molar-refractivity contribution in [2.75, 3.05) is 34.0 Å². The van der Waals surface area contributed by atoms with Crippen molar-refractivity contribution in [3.8, 4) is 11.5 Å². The summed E-state index contributed by atoms with van der Waals surface area (Å²) in [4.78, 5) is 21.2. The van der Waals surface area contributed by atoms with Gasteiger partial charge in [-0.15, -0.1) is 0 Å². The zero-order chi connectivity index (χ0) is 14.8. The number of carbonyl (C=O) groups excluding carboxylic acids is 1. The standard InChI is InChI=1S/C14H20O6/c1-4-7-18-8-9-19-20-14(15)11-5-6-12(16-2)13(10-11)17-3/h5-6,10H,4,7-9H2,1-3H3. The van der Waals surface area contributed by atoms with Crippen LogP contribution in [0.5, 0.6) is 11.5 Å². The second kappa shape index (κ2) is 9.17. The normalized spacial score (nSPS) is 10.2. The van der Waals surface area contributed by atoms with Crippen molar-refractivity contribution in [3.63, 3.8) is 0 Å². The van der Waals surface area contributed by atoms with Gasteiger partial charge in [-0.25, -0.2) is 4.79 Å². The summed E-state index contributed by atoms with van der Waals surface area (Å²) in [6.45, 7) is 3.25. The van der Waals surface area contributed by atoms with Crippen molar-refractivity contribution in [2.45, 2.75) is 13.3 Å². The first-order valence-electron chi connectivity index (χ1n) is 6.36. The maximum atomic E-state index is 11.7. The first-order valence-corrected chi connectivity index (χ1v) is 6.36. The van der Waals surface area contributed by atoms with E-state index in [1.807, 2.05) is 6.92 Å². The molecule has 1 aromatic carbocycles. The minimum absolute atomic E-state index is 0.193. The fraction of sp³-hybridized carbons (Fsp3) is 0.500. The third-order valence-corrected chi connectivity index (χ3v) is 2.41. The van der Waals surface area contributed by atoms with Crippen LogP contribution < -0.4 is 9.47 Å². The van der Waals surface area contributed by atoms with E-state index in [0.29, 0.717) is 30.3 Å². The molecule has 0 aromatic heterocycles. The van der Waals surface area contributed by atoms with Crippen molar-refractivity contribution in [1.29, 1.82) is 0 Å². The molecule has 0 bridgehead atoms. The first-order chi connectivity index (χ1) is 9.72. The van der Waals surface area contributed by atoms with Crippen molar-refractivity contribution in [2.24, 2.45) is 0 Å². The average Bonchev–Trinajstić information content (AvgIpc) is 2.49. The fourth-order valence-electron chi connectivity index (χ4n) is 1.45. The highest BCUT2D eigenvalue weighted by molar-refractivity contribution is 5.89. The lowest BCUT2D eigenvalue weighted by Gasteiger charge is -2.09. The maximum absolute atomic E-state index is 11.7. The smallest absolute Gasteiger partial charge is 0.373 e. The number of methoxy groups -OCH3 is 2. The van der Waals surface area contributed by atoms with Crippen LogP contribution in [0.3, 0.4) is 0 Å². The number of hydrogen-bond acceptors (Lipinski definition) is 6. The third-order valence-electron chi connectivity index (χ3n) is 2.41. The van der Waals surface area contributed by atoms with Gasteiger partial charge in [0.2, 0.25) is 0 Å². The molecule has 0 amide bonds. The largest absolute Gasteiger partial charge is 0.493 e. The van der Waals surface area contributed by atoms with E-state index in [-0.39, 0.29) is 6.61 Å². The molecule has 20 heavy (non-hydrogen) atoms. The number of benzene rings is 1. The van der Waals surface area contributed by atoms with E-state index in [0.717, 1.165) is 6.42 Å². The van der Waals surface area contributed by atoms with Crippen LogP contribution in [0.1, 0.15) is 23.7 Å². The summed E-state index contributed by atoms with van der Waals surface area (Å²) >= 11 is 0. The van der Waals surface area contributed by atoms with Crippen LogP contribution in [-0.2, 0) is 14.5 Å². The van der Waals surface area contributed by atoms with Crippen LogP contribution in [0.15, 0.2) is 18.2 Å². The highest BCUT2D eigenvalue weighted by atomic mass is 17.2. The fourth-order valence-corrected chi connectivity index (χ4v) is 1.45.